The van der Waals surface area contributed by atoms with Crippen molar-refractivity contribution in [1.82, 2.24) is 0 Å². The highest BCUT2D eigenvalue weighted by atomic mass is 19.2. The molecular formula is C8H7F3O2. The summed E-state index contributed by atoms with van der Waals surface area (Å²) in [6.45, 7) is 0. The molecule has 0 heterocycles. The van der Waals surface area contributed by atoms with Crippen molar-refractivity contribution < 1.29 is 23.1 Å². The summed E-state index contributed by atoms with van der Waals surface area (Å²) in [6.07, 6.45) is -1.51. The molecule has 2 nitrogen and oxygen atoms in total. The van der Waals surface area contributed by atoms with Crippen molar-refractivity contribution in [2.24, 2.45) is 0 Å². The van der Waals surface area contributed by atoms with Crippen molar-refractivity contribution >= 4 is 5.97 Å². The molecule has 1 rings (SSSR count). The van der Waals surface area contributed by atoms with Gasteiger partial charge in [0.15, 0.2) is 11.8 Å². The Hall–Kier alpha value is -1.26. The third-order valence-electron chi connectivity index (χ3n) is 1.71. The van der Waals surface area contributed by atoms with Crippen molar-refractivity contribution in [2.45, 2.75) is 18.3 Å². The highest BCUT2D eigenvalue weighted by molar-refractivity contribution is 5.69. The number of carboxylic acid groups (broad SMARTS) is 1. The minimum absolute atomic E-state index is 0.420. The highest BCUT2D eigenvalue weighted by Gasteiger charge is 2.40. The molecule has 2 atom stereocenters. The average Bonchev–Trinajstić information content (AvgIpc) is 1.97. The van der Waals surface area contributed by atoms with Gasteiger partial charge in [0.05, 0.1) is 6.42 Å². The first-order chi connectivity index (χ1) is 5.94. The molecule has 2 unspecified atom stereocenters. The zero-order valence-corrected chi connectivity index (χ0v) is 6.51. The molecule has 0 aromatic heterocycles. The molecule has 0 amide bonds. The van der Waals surface area contributed by atoms with Crippen LogP contribution in [0.4, 0.5) is 13.2 Å². The van der Waals surface area contributed by atoms with Gasteiger partial charge in [0.1, 0.15) is 5.83 Å². The molecule has 0 fully saturated rings. The van der Waals surface area contributed by atoms with E-state index in [0.29, 0.717) is 12.2 Å². The first-order valence-corrected chi connectivity index (χ1v) is 3.55. The smallest absolute Gasteiger partial charge is 0.307 e. The van der Waals surface area contributed by atoms with E-state index in [9.17, 15) is 18.0 Å². The van der Waals surface area contributed by atoms with Crippen LogP contribution >= 0.6 is 0 Å². The third-order valence-corrected chi connectivity index (χ3v) is 1.71. The lowest BCUT2D eigenvalue weighted by Gasteiger charge is -2.23. The molecule has 0 saturated carbocycles. The van der Waals surface area contributed by atoms with Gasteiger partial charge >= 0.3 is 5.97 Å². The van der Waals surface area contributed by atoms with Crippen LogP contribution in [-0.2, 0) is 4.79 Å². The second-order valence-corrected chi connectivity index (χ2v) is 2.78. The molecular weight excluding hydrogens is 185 g/mol. The van der Waals surface area contributed by atoms with Crippen LogP contribution in [0.15, 0.2) is 24.1 Å². The fourth-order valence-corrected chi connectivity index (χ4v) is 1.03. The molecule has 1 aliphatic carbocycles. The lowest BCUT2D eigenvalue weighted by molar-refractivity contribution is -0.140. The van der Waals surface area contributed by atoms with Gasteiger partial charge in [-0.15, -0.1) is 0 Å². The van der Waals surface area contributed by atoms with Crippen LogP contribution in [0.3, 0.4) is 0 Å². The van der Waals surface area contributed by atoms with Gasteiger partial charge in [-0.1, -0.05) is 0 Å². The normalized spacial score (nSPS) is 32.8. The van der Waals surface area contributed by atoms with Gasteiger partial charge in [0.25, 0.3) is 0 Å². The van der Waals surface area contributed by atoms with Crippen molar-refractivity contribution in [3.05, 3.63) is 24.1 Å². The second kappa shape index (κ2) is 3.24. The summed E-state index contributed by atoms with van der Waals surface area (Å²) < 4.78 is 38.5. The van der Waals surface area contributed by atoms with Gasteiger partial charge in [0, 0.05) is 0 Å². The average molecular weight is 192 g/mol. The molecule has 0 spiro atoms. The summed E-state index contributed by atoms with van der Waals surface area (Å²) in [4.78, 5) is 10.1. The number of rotatable bonds is 2. The van der Waals surface area contributed by atoms with E-state index in [-0.39, 0.29) is 0 Å². The maximum atomic E-state index is 13.3. The van der Waals surface area contributed by atoms with Crippen LogP contribution in [0.1, 0.15) is 6.42 Å². The maximum Gasteiger partial charge on any atom is 0.307 e. The third kappa shape index (κ3) is 2.11. The Labute approximate surface area is 72.4 Å². The lowest BCUT2D eigenvalue weighted by atomic mass is 9.92. The molecule has 0 aromatic rings. The molecule has 5 heteroatoms. The molecule has 72 valence electrons. The Bertz CT molecular complexity index is 285. The van der Waals surface area contributed by atoms with Gasteiger partial charge in [-0.05, 0) is 18.2 Å². The number of hydrogen-bond donors (Lipinski definition) is 1. The molecule has 0 aliphatic heterocycles. The Balaban J connectivity index is 2.82. The Kier molecular flexibility index (Phi) is 2.45. The first kappa shape index (κ1) is 9.83. The fraction of sp³-hybridized carbons (Fsp3) is 0.375. The van der Waals surface area contributed by atoms with Crippen LogP contribution in [0, 0.1) is 0 Å². The van der Waals surface area contributed by atoms with Crippen LogP contribution in [-0.4, -0.2) is 22.9 Å². The highest BCUT2D eigenvalue weighted by Crippen LogP contribution is 2.31. The summed E-state index contributed by atoms with van der Waals surface area (Å²) in [5, 5.41) is 8.26. The van der Waals surface area contributed by atoms with Gasteiger partial charge in [-0.3, -0.25) is 4.79 Å². The van der Waals surface area contributed by atoms with E-state index in [1.807, 2.05) is 0 Å². The molecule has 13 heavy (non-hydrogen) atoms. The fourth-order valence-electron chi connectivity index (χ4n) is 1.03. The van der Waals surface area contributed by atoms with E-state index in [4.69, 9.17) is 5.11 Å². The van der Waals surface area contributed by atoms with E-state index < -0.39 is 30.1 Å². The summed E-state index contributed by atoms with van der Waals surface area (Å²) >= 11 is 0. The van der Waals surface area contributed by atoms with Gasteiger partial charge < -0.3 is 5.11 Å². The summed E-state index contributed by atoms with van der Waals surface area (Å²) in [6, 6.07) is 0. The van der Waals surface area contributed by atoms with Crippen LogP contribution < -0.4 is 0 Å². The first-order valence-electron chi connectivity index (χ1n) is 3.55. The van der Waals surface area contributed by atoms with Crippen molar-refractivity contribution in [3.63, 3.8) is 0 Å². The van der Waals surface area contributed by atoms with E-state index in [2.05, 4.69) is 0 Å². The van der Waals surface area contributed by atoms with E-state index in [1.54, 1.807) is 0 Å². The van der Waals surface area contributed by atoms with Crippen molar-refractivity contribution in [2.75, 3.05) is 0 Å². The van der Waals surface area contributed by atoms with Gasteiger partial charge in [-0.25, -0.2) is 13.2 Å². The maximum absolute atomic E-state index is 13.3. The Morgan fingerprint density at radius 3 is 2.77 bits per heavy atom. The number of hydrogen-bond acceptors (Lipinski definition) is 1. The number of aliphatic carboxylic acids is 1. The summed E-state index contributed by atoms with van der Waals surface area (Å²) in [7, 11) is 0. The monoisotopic (exact) mass is 192 g/mol. The predicted octanol–water partition coefficient (Wildman–Crippen LogP) is 1.93. The standard InChI is InChI=1S/C8H7F3O2/c9-5-1-2-8(11,4-7(12)13)6(10)3-5/h1-3,6H,4H2,(H,12,13). The largest absolute Gasteiger partial charge is 0.481 e. The van der Waals surface area contributed by atoms with Crippen molar-refractivity contribution in [1.29, 1.82) is 0 Å². The van der Waals surface area contributed by atoms with Crippen molar-refractivity contribution in [3.8, 4) is 0 Å². The minimum atomic E-state index is -2.62. The second-order valence-electron chi connectivity index (χ2n) is 2.78. The molecule has 0 radical (unpaired) electrons. The lowest BCUT2D eigenvalue weighted by Crippen LogP contribution is -2.35. The summed E-state index contributed by atoms with van der Waals surface area (Å²) in [5.74, 6) is -2.36. The molecule has 1 N–H and O–H groups in total. The van der Waals surface area contributed by atoms with Crippen LogP contribution in [0.2, 0.25) is 0 Å². The molecule has 1 aliphatic rings. The number of allylic oxidation sites excluding steroid dienone is 4. The molecule has 0 bridgehead atoms. The molecule has 0 aromatic carbocycles. The van der Waals surface area contributed by atoms with Crippen LogP contribution in [0.25, 0.3) is 0 Å². The van der Waals surface area contributed by atoms with Crippen LogP contribution in [0.5, 0.6) is 0 Å². The predicted molar refractivity (Wildman–Crippen MR) is 39.3 cm³/mol. The van der Waals surface area contributed by atoms with Gasteiger partial charge in [-0.2, -0.15) is 0 Å². The summed E-state index contributed by atoms with van der Waals surface area (Å²) in [5.41, 5.74) is -2.62. The zero-order chi connectivity index (χ0) is 10.1. The Morgan fingerprint density at radius 2 is 2.31 bits per heavy atom. The topological polar surface area (TPSA) is 37.3 Å². The minimum Gasteiger partial charge on any atom is -0.481 e. The van der Waals surface area contributed by atoms with Gasteiger partial charge in [0.2, 0.25) is 0 Å². The number of carboxylic acids is 1. The zero-order valence-electron chi connectivity index (χ0n) is 6.51. The number of halogens is 3. The number of carbonyl (C=O) groups is 1. The SMILES string of the molecule is O=C(O)CC1(F)C=CC(F)=CC1F. The molecule has 0 saturated heterocycles. The van der Waals surface area contributed by atoms with E-state index >= 15 is 0 Å². The van der Waals surface area contributed by atoms with E-state index in [1.165, 1.54) is 0 Å². The Morgan fingerprint density at radius 1 is 1.69 bits per heavy atom. The number of alkyl halides is 2. The quantitative estimate of drug-likeness (QED) is 0.725. The van der Waals surface area contributed by atoms with E-state index in [0.717, 1.165) is 6.08 Å².